The van der Waals surface area contributed by atoms with Crippen LogP contribution in [0.25, 0.3) is 10.9 Å². The summed E-state index contributed by atoms with van der Waals surface area (Å²) in [5.74, 6) is -1.58. The van der Waals surface area contributed by atoms with Crippen LogP contribution in [-0.4, -0.2) is 29.6 Å². The van der Waals surface area contributed by atoms with E-state index in [0.29, 0.717) is 12.2 Å². The van der Waals surface area contributed by atoms with Crippen LogP contribution in [0, 0.1) is 20.8 Å². The van der Waals surface area contributed by atoms with Gasteiger partial charge in [-0.1, -0.05) is 48.0 Å². The van der Waals surface area contributed by atoms with E-state index in [4.69, 9.17) is 0 Å². The maximum atomic E-state index is 13.3. The summed E-state index contributed by atoms with van der Waals surface area (Å²) in [6, 6.07) is 19.3. The lowest BCUT2D eigenvalue weighted by molar-refractivity contribution is 0.101. The topological polar surface area (TPSA) is 76.4 Å². The molecule has 0 fully saturated rings. The predicted molar refractivity (Wildman–Crippen MR) is 126 cm³/mol. The zero-order chi connectivity index (χ0) is 23.0. The molecule has 0 spiro atoms. The average Bonchev–Trinajstić information content (AvgIpc) is 3.09. The van der Waals surface area contributed by atoms with Gasteiger partial charge >= 0.3 is 0 Å². The third-order valence-corrected chi connectivity index (χ3v) is 7.43. The molecule has 1 N–H and O–H groups in total. The molecule has 164 valence electrons. The Labute approximate surface area is 187 Å². The van der Waals surface area contributed by atoms with Crippen molar-refractivity contribution in [3.05, 3.63) is 94.7 Å². The monoisotopic (exact) mass is 447 g/mol. The number of hydrogen-bond donors (Lipinski definition) is 1. The Hall–Kier alpha value is -3.38. The normalized spacial score (nSPS) is 11.7. The molecule has 0 aliphatic carbocycles. The highest BCUT2D eigenvalue weighted by molar-refractivity contribution is 7.92. The molecule has 0 aliphatic heterocycles. The number of benzene rings is 3. The minimum Gasteiger partial charge on any atom is -0.507 e. The first-order valence-electron chi connectivity index (χ1n) is 10.4. The van der Waals surface area contributed by atoms with Gasteiger partial charge in [0.25, 0.3) is 0 Å². The van der Waals surface area contributed by atoms with Crippen LogP contribution < -0.4 is 0 Å². The summed E-state index contributed by atoms with van der Waals surface area (Å²) in [6.07, 6.45) is 0. The van der Waals surface area contributed by atoms with Gasteiger partial charge in [0.05, 0.1) is 5.69 Å². The Kier molecular flexibility index (Phi) is 5.65. The van der Waals surface area contributed by atoms with Crippen molar-refractivity contribution in [2.75, 3.05) is 5.75 Å². The first-order valence-corrected chi connectivity index (χ1v) is 12.0. The Morgan fingerprint density at radius 3 is 2.22 bits per heavy atom. The van der Waals surface area contributed by atoms with Crippen molar-refractivity contribution in [3.8, 4) is 5.75 Å². The van der Waals surface area contributed by atoms with E-state index >= 15 is 0 Å². The van der Waals surface area contributed by atoms with Gasteiger partial charge in [0.1, 0.15) is 16.4 Å². The molecule has 0 atom stereocenters. The number of sulfone groups is 1. The van der Waals surface area contributed by atoms with Crippen LogP contribution >= 0.6 is 0 Å². The number of nitrogens with zero attached hydrogens (tertiary/aromatic N) is 1. The lowest BCUT2D eigenvalue weighted by atomic mass is 9.99. The van der Waals surface area contributed by atoms with Gasteiger partial charge in [-0.3, -0.25) is 4.79 Å². The molecule has 1 aromatic heterocycles. The van der Waals surface area contributed by atoms with Gasteiger partial charge in [-0.25, -0.2) is 8.42 Å². The molecule has 5 nitrogen and oxygen atoms in total. The summed E-state index contributed by atoms with van der Waals surface area (Å²) in [7, 11) is -4.00. The van der Waals surface area contributed by atoms with Gasteiger partial charge in [-0.05, 0) is 61.7 Å². The quantitative estimate of drug-likeness (QED) is 0.423. The van der Waals surface area contributed by atoms with Crippen LogP contribution in [0.4, 0.5) is 0 Å². The average molecular weight is 448 g/mol. The molecule has 0 saturated heterocycles. The summed E-state index contributed by atoms with van der Waals surface area (Å²) >= 11 is 0. The van der Waals surface area contributed by atoms with Crippen LogP contribution in [0.15, 0.2) is 71.6 Å². The number of carbonyl (C=O) groups is 1. The molecule has 1 heterocycles. The van der Waals surface area contributed by atoms with Gasteiger partial charge in [0, 0.05) is 17.4 Å². The Bertz CT molecular complexity index is 1420. The fourth-order valence-electron chi connectivity index (χ4n) is 4.27. The van der Waals surface area contributed by atoms with E-state index in [1.807, 2.05) is 49.6 Å². The molecule has 0 unspecified atom stereocenters. The van der Waals surface area contributed by atoms with Crippen LogP contribution in [-0.2, 0) is 16.4 Å². The second-order valence-corrected chi connectivity index (χ2v) is 10.2. The second-order valence-electron chi connectivity index (χ2n) is 8.20. The summed E-state index contributed by atoms with van der Waals surface area (Å²) in [6.45, 7) is 6.60. The number of rotatable bonds is 6. The highest BCUT2D eigenvalue weighted by Gasteiger charge is 2.26. The molecular weight excluding hydrogens is 422 g/mol. The third-order valence-electron chi connectivity index (χ3n) is 5.77. The van der Waals surface area contributed by atoms with Crippen molar-refractivity contribution in [1.82, 2.24) is 4.57 Å². The summed E-state index contributed by atoms with van der Waals surface area (Å²) < 4.78 is 27.6. The molecule has 0 radical (unpaired) electrons. The summed E-state index contributed by atoms with van der Waals surface area (Å²) in [5.41, 5.74) is 5.74. The van der Waals surface area contributed by atoms with Crippen LogP contribution in [0.5, 0.6) is 5.75 Å². The largest absolute Gasteiger partial charge is 0.507 e. The second kappa shape index (κ2) is 8.28. The zero-order valence-corrected chi connectivity index (χ0v) is 19.1. The number of aromatic nitrogens is 1. The minimum absolute atomic E-state index is 0.235. The van der Waals surface area contributed by atoms with E-state index in [0.717, 1.165) is 27.6 Å². The molecule has 32 heavy (non-hydrogen) atoms. The number of phenolic OH excluding ortho intramolecular Hbond substituents is 1. The van der Waals surface area contributed by atoms with E-state index in [2.05, 4.69) is 12.1 Å². The van der Waals surface area contributed by atoms with E-state index in [-0.39, 0.29) is 10.6 Å². The molecule has 3 aromatic carbocycles. The van der Waals surface area contributed by atoms with Crippen molar-refractivity contribution < 1.29 is 18.3 Å². The number of aromatic hydroxyl groups is 1. The predicted octanol–water partition coefficient (Wildman–Crippen LogP) is 4.98. The van der Waals surface area contributed by atoms with Crippen molar-refractivity contribution in [3.63, 3.8) is 0 Å². The van der Waals surface area contributed by atoms with E-state index < -0.39 is 21.4 Å². The third kappa shape index (κ3) is 4.06. The number of hydrogen-bond acceptors (Lipinski definition) is 4. The number of Topliss-reactive ketones (excluding diaryl/α,β-unsaturated/α-hetero) is 1. The lowest BCUT2D eigenvalue weighted by Crippen LogP contribution is -2.20. The zero-order valence-electron chi connectivity index (χ0n) is 18.3. The smallest absolute Gasteiger partial charge is 0.194 e. The summed E-state index contributed by atoms with van der Waals surface area (Å²) in [4.78, 5) is 13.0. The number of aryl methyl sites for hydroxylation is 3. The fraction of sp³-hybridized carbons (Fsp3) is 0.192. The first-order chi connectivity index (χ1) is 15.2. The van der Waals surface area contributed by atoms with Crippen molar-refractivity contribution >= 4 is 26.5 Å². The molecular formula is C26H25NO4S. The maximum Gasteiger partial charge on any atom is 0.194 e. The highest BCUT2D eigenvalue weighted by atomic mass is 32.2. The molecule has 0 aliphatic rings. The standard InChI is InChI=1S/C26H25NO4S/c1-17-12-18(2)21(19(3)13-17)15-27-22-9-5-4-8-20(22)14-23(27)25(29)16-32(30,31)26-11-7-6-10-24(26)28/h4-14,28H,15-16H2,1-3H3. The number of carbonyl (C=O) groups excluding carboxylic acids is 1. The number of fused-ring (bicyclic) bond motifs is 1. The Balaban J connectivity index is 1.78. The van der Waals surface area contributed by atoms with Crippen LogP contribution in [0.2, 0.25) is 0 Å². The van der Waals surface area contributed by atoms with Crippen molar-refractivity contribution in [2.45, 2.75) is 32.2 Å². The Morgan fingerprint density at radius 2 is 1.53 bits per heavy atom. The van der Waals surface area contributed by atoms with Gasteiger partial charge in [0.2, 0.25) is 0 Å². The van der Waals surface area contributed by atoms with Crippen LogP contribution in [0.1, 0.15) is 32.7 Å². The van der Waals surface area contributed by atoms with E-state index in [9.17, 15) is 18.3 Å². The van der Waals surface area contributed by atoms with Crippen LogP contribution in [0.3, 0.4) is 0 Å². The highest BCUT2D eigenvalue weighted by Crippen LogP contribution is 2.27. The number of ketones is 1. The number of phenols is 1. The summed E-state index contributed by atoms with van der Waals surface area (Å²) in [5, 5.41) is 10.9. The number of para-hydroxylation sites is 2. The van der Waals surface area contributed by atoms with Crippen molar-refractivity contribution in [2.24, 2.45) is 0 Å². The maximum absolute atomic E-state index is 13.3. The Morgan fingerprint density at radius 1 is 0.906 bits per heavy atom. The molecule has 4 rings (SSSR count). The van der Waals surface area contributed by atoms with Gasteiger partial charge < -0.3 is 9.67 Å². The molecule has 0 amide bonds. The molecule has 0 bridgehead atoms. The minimum atomic E-state index is -4.00. The van der Waals surface area contributed by atoms with Gasteiger partial charge in [-0.15, -0.1) is 0 Å². The lowest BCUT2D eigenvalue weighted by Gasteiger charge is -2.16. The van der Waals surface area contributed by atoms with Gasteiger partial charge in [0.15, 0.2) is 15.6 Å². The molecule has 0 saturated carbocycles. The molecule has 4 aromatic rings. The van der Waals surface area contributed by atoms with E-state index in [1.165, 1.54) is 23.8 Å². The van der Waals surface area contributed by atoms with Crippen molar-refractivity contribution in [1.29, 1.82) is 0 Å². The molecule has 6 heteroatoms. The fourth-order valence-corrected chi connectivity index (χ4v) is 5.59. The first kappa shape index (κ1) is 21.8. The van der Waals surface area contributed by atoms with Gasteiger partial charge in [-0.2, -0.15) is 0 Å². The SMILES string of the molecule is Cc1cc(C)c(Cn2c(C(=O)CS(=O)(=O)c3ccccc3O)cc3ccccc32)c(C)c1. The van der Waals surface area contributed by atoms with E-state index in [1.54, 1.807) is 12.1 Å².